The highest BCUT2D eigenvalue weighted by Crippen LogP contribution is 2.23. The quantitative estimate of drug-likeness (QED) is 0.798. The number of morpholine rings is 1. The number of ether oxygens (including phenoxy) is 2. The van der Waals surface area contributed by atoms with Gasteiger partial charge >= 0.3 is 0 Å². The van der Waals surface area contributed by atoms with E-state index >= 15 is 0 Å². The van der Waals surface area contributed by atoms with Gasteiger partial charge in [0.25, 0.3) is 0 Å². The van der Waals surface area contributed by atoms with E-state index in [2.05, 4.69) is 10.4 Å². The number of rotatable bonds is 4. The van der Waals surface area contributed by atoms with Crippen LogP contribution in [-0.2, 0) is 4.74 Å². The van der Waals surface area contributed by atoms with Crippen LogP contribution in [0, 0.1) is 0 Å². The first-order valence-corrected chi connectivity index (χ1v) is 6.13. The molecule has 2 heterocycles. The monoisotopic (exact) mass is 253 g/mol. The Hall–Kier alpha value is -1.40. The van der Waals surface area contributed by atoms with Crippen LogP contribution >= 0.6 is 0 Å². The van der Waals surface area contributed by atoms with E-state index in [4.69, 9.17) is 9.47 Å². The normalized spacial score (nSPS) is 20.1. The van der Waals surface area contributed by atoms with Crippen molar-refractivity contribution < 1.29 is 14.3 Å². The maximum atomic E-state index is 12.5. The molecule has 0 radical (unpaired) electrons. The minimum atomic E-state index is -0.457. The molecule has 0 saturated carbocycles. The minimum absolute atomic E-state index is 0.0785. The third kappa shape index (κ3) is 2.39. The number of Topliss-reactive ketones (excluding diaryl/α,β-unsaturated/α-hetero) is 1. The second-order valence-corrected chi connectivity index (χ2v) is 4.53. The number of aromatic nitrogens is 2. The molecule has 1 aromatic heterocycles. The third-order valence-corrected chi connectivity index (χ3v) is 2.92. The van der Waals surface area contributed by atoms with E-state index < -0.39 is 6.10 Å². The van der Waals surface area contributed by atoms with E-state index in [9.17, 15) is 4.79 Å². The predicted octanol–water partition coefficient (Wildman–Crippen LogP) is 0.644. The highest BCUT2D eigenvalue weighted by atomic mass is 16.5. The summed E-state index contributed by atoms with van der Waals surface area (Å²) in [5.74, 6) is 0.424. The zero-order valence-corrected chi connectivity index (χ0v) is 11.0. The molecule has 6 heteroatoms. The fourth-order valence-corrected chi connectivity index (χ4v) is 2.01. The number of hydrogen-bond donors (Lipinski definition) is 1. The smallest absolute Gasteiger partial charge is 0.214 e. The van der Waals surface area contributed by atoms with E-state index in [-0.39, 0.29) is 11.8 Å². The van der Waals surface area contributed by atoms with Crippen LogP contribution in [0.15, 0.2) is 6.20 Å². The summed E-state index contributed by atoms with van der Waals surface area (Å²) >= 11 is 0. The van der Waals surface area contributed by atoms with E-state index in [0.717, 1.165) is 6.54 Å². The molecule has 2 rings (SSSR count). The second kappa shape index (κ2) is 5.49. The first-order chi connectivity index (χ1) is 8.65. The summed E-state index contributed by atoms with van der Waals surface area (Å²) in [5.41, 5.74) is 0.487. The standard InChI is InChI=1S/C12H19N3O3/c1-8(2)15-11(9(17-3)7-14-15)12(16)10-6-13-4-5-18-10/h7-8,10,13H,4-6H2,1-3H3. The zero-order valence-electron chi connectivity index (χ0n) is 11.0. The molecule has 1 fully saturated rings. The van der Waals surface area contributed by atoms with Crippen LogP contribution < -0.4 is 10.1 Å². The molecule has 1 unspecified atom stereocenters. The van der Waals surface area contributed by atoms with Crippen LogP contribution in [0.2, 0.25) is 0 Å². The van der Waals surface area contributed by atoms with Crippen molar-refractivity contribution in [1.29, 1.82) is 0 Å². The van der Waals surface area contributed by atoms with Gasteiger partial charge in [0, 0.05) is 19.1 Å². The highest BCUT2D eigenvalue weighted by Gasteiger charge is 2.29. The number of ketones is 1. The Kier molecular flexibility index (Phi) is 3.98. The molecule has 18 heavy (non-hydrogen) atoms. The topological polar surface area (TPSA) is 65.4 Å². The third-order valence-electron chi connectivity index (χ3n) is 2.92. The molecule has 1 aromatic rings. The molecule has 1 N–H and O–H groups in total. The maximum Gasteiger partial charge on any atom is 0.214 e. The highest BCUT2D eigenvalue weighted by molar-refractivity contribution is 6.00. The number of nitrogens with one attached hydrogen (secondary N) is 1. The Morgan fingerprint density at radius 2 is 2.44 bits per heavy atom. The molecule has 0 bridgehead atoms. The zero-order chi connectivity index (χ0) is 13.1. The molecular formula is C12H19N3O3. The lowest BCUT2D eigenvalue weighted by Crippen LogP contribution is -2.43. The lowest BCUT2D eigenvalue weighted by molar-refractivity contribution is 0.0258. The Bertz CT molecular complexity index is 422. The second-order valence-electron chi connectivity index (χ2n) is 4.53. The molecule has 6 nitrogen and oxygen atoms in total. The van der Waals surface area contributed by atoms with Crippen molar-refractivity contribution in [2.75, 3.05) is 26.8 Å². The Balaban J connectivity index is 2.29. The summed E-state index contributed by atoms with van der Waals surface area (Å²) in [4.78, 5) is 12.5. The molecule has 1 aliphatic heterocycles. The lowest BCUT2D eigenvalue weighted by atomic mass is 10.1. The molecule has 0 aliphatic carbocycles. The van der Waals surface area contributed by atoms with Crippen LogP contribution in [-0.4, -0.2) is 48.5 Å². The number of hydrogen-bond acceptors (Lipinski definition) is 5. The molecule has 0 aromatic carbocycles. The molecule has 1 saturated heterocycles. The fourth-order valence-electron chi connectivity index (χ4n) is 2.01. The average Bonchev–Trinajstić information content (AvgIpc) is 2.82. The summed E-state index contributed by atoms with van der Waals surface area (Å²) < 4.78 is 12.4. The van der Waals surface area contributed by atoms with Gasteiger partial charge in [-0.1, -0.05) is 0 Å². The fraction of sp³-hybridized carbons (Fsp3) is 0.667. The van der Waals surface area contributed by atoms with E-state index in [1.807, 2.05) is 13.8 Å². The van der Waals surface area contributed by atoms with E-state index in [1.54, 1.807) is 18.0 Å². The summed E-state index contributed by atoms with van der Waals surface area (Å²) in [6.45, 7) is 5.82. The van der Waals surface area contributed by atoms with Gasteiger partial charge in [-0.3, -0.25) is 9.48 Å². The van der Waals surface area contributed by atoms with Crippen molar-refractivity contribution in [1.82, 2.24) is 15.1 Å². The largest absolute Gasteiger partial charge is 0.493 e. The van der Waals surface area contributed by atoms with Crippen LogP contribution in [0.4, 0.5) is 0 Å². The van der Waals surface area contributed by atoms with Crippen molar-refractivity contribution in [2.45, 2.75) is 26.0 Å². The van der Waals surface area contributed by atoms with Crippen molar-refractivity contribution in [3.05, 3.63) is 11.9 Å². The van der Waals surface area contributed by atoms with Gasteiger partial charge in [0.1, 0.15) is 11.8 Å². The van der Waals surface area contributed by atoms with Gasteiger partial charge in [-0.15, -0.1) is 0 Å². The lowest BCUT2D eigenvalue weighted by Gasteiger charge is -2.23. The van der Waals surface area contributed by atoms with Gasteiger partial charge in [-0.25, -0.2) is 0 Å². The summed E-state index contributed by atoms with van der Waals surface area (Å²) in [6.07, 6.45) is 1.12. The van der Waals surface area contributed by atoms with Crippen molar-refractivity contribution in [3.63, 3.8) is 0 Å². The van der Waals surface area contributed by atoms with Gasteiger partial charge in [0.05, 0.1) is 19.9 Å². The van der Waals surface area contributed by atoms with Gasteiger partial charge in [0.15, 0.2) is 5.75 Å². The SMILES string of the molecule is COc1cnn(C(C)C)c1C(=O)C1CNCCO1. The number of methoxy groups -OCH3 is 1. The van der Waals surface area contributed by atoms with Gasteiger partial charge in [0.2, 0.25) is 5.78 Å². The molecule has 1 aliphatic rings. The number of nitrogens with zero attached hydrogens (tertiary/aromatic N) is 2. The van der Waals surface area contributed by atoms with Gasteiger partial charge in [-0.2, -0.15) is 5.10 Å². The van der Waals surface area contributed by atoms with Crippen molar-refractivity contribution in [2.24, 2.45) is 0 Å². The summed E-state index contributed by atoms with van der Waals surface area (Å²) in [7, 11) is 1.54. The minimum Gasteiger partial charge on any atom is -0.493 e. The molecular weight excluding hydrogens is 234 g/mol. The first kappa shape index (κ1) is 13.0. The van der Waals surface area contributed by atoms with Crippen LogP contribution in [0.5, 0.6) is 5.75 Å². The molecule has 1 atom stereocenters. The summed E-state index contributed by atoms with van der Waals surface area (Å²) in [5, 5.41) is 7.34. The Labute approximate surface area is 106 Å². The van der Waals surface area contributed by atoms with Crippen LogP contribution in [0.1, 0.15) is 30.4 Å². The molecule has 0 amide bonds. The Morgan fingerprint density at radius 3 is 3.00 bits per heavy atom. The average molecular weight is 253 g/mol. The van der Waals surface area contributed by atoms with Crippen LogP contribution in [0.3, 0.4) is 0 Å². The van der Waals surface area contributed by atoms with E-state index in [0.29, 0.717) is 24.6 Å². The number of carbonyl (C=O) groups is 1. The van der Waals surface area contributed by atoms with Gasteiger partial charge < -0.3 is 14.8 Å². The van der Waals surface area contributed by atoms with E-state index in [1.165, 1.54) is 0 Å². The van der Waals surface area contributed by atoms with Crippen molar-refractivity contribution in [3.8, 4) is 5.75 Å². The summed E-state index contributed by atoms with van der Waals surface area (Å²) in [6, 6.07) is 0.101. The Morgan fingerprint density at radius 1 is 1.67 bits per heavy atom. The maximum absolute atomic E-state index is 12.5. The molecule has 0 spiro atoms. The first-order valence-electron chi connectivity index (χ1n) is 6.13. The predicted molar refractivity (Wildman–Crippen MR) is 66.1 cm³/mol. The number of carbonyl (C=O) groups excluding carboxylic acids is 1. The van der Waals surface area contributed by atoms with Gasteiger partial charge in [-0.05, 0) is 13.8 Å². The van der Waals surface area contributed by atoms with Crippen LogP contribution in [0.25, 0.3) is 0 Å². The van der Waals surface area contributed by atoms with Crippen molar-refractivity contribution >= 4 is 5.78 Å². The molecule has 100 valence electrons.